The Balaban J connectivity index is 1.87. The molecule has 0 unspecified atom stereocenters. The van der Waals surface area contributed by atoms with Crippen molar-refractivity contribution in [2.24, 2.45) is 11.3 Å². The molecular formula is C27H32BrClN2O4. The standard InChI is InChI=1S/C27H32BrClN2O4/c1-27(2,3)24(33)23(17-7-4-5-8-17)31-26(35)21(14-16-11-12-22(32)20(29)13-16)30-25(34)18-9-6-10-19(28)15-18/h6,9-13,15,17,21,23,32H,4-5,7-8,14H2,1-3H3,(H,30,34)(H,31,35)/t21-,23-/m0/s1. The van der Waals surface area contributed by atoms with E-state index >= 15 is 0 Å². The first kappa shape index (κ1) is 27.2. The average Bonchev–Trinajstić information content (AvgIpc) is 3.33. The second-order valence-corrected chi connectivity index (χ2v) is 11.5. The van der Waals surface area contributed by atoms with E-state index in [0.717, 1.165) is 30.2 Å². The lowest BCUT2D eigenvalue weighted by Crippen LogP contribution is -2.56. The number of aromatic hydroxyl groups is 1. The van der Waals surface area contributed by atoms with Gasteiger partial charge in [0.1, 0.15) is 11.8 Å². The Morgan fingerprint density at radius 3 is 2.37 bits per heavy atom. The zero-order chi connectivity index (χ0) is 25.8. The van der Waals surface area contributed by atoms with Crippen LogP contribution in [-0.4, -0.2) is 34.8 Å². The largest absolute Gasteiger partial charge is 0.506 e. The van der Waals surface area contributed by atoms with Crippen molar-refractivity contribution in [3.05, 3.63) is 63.1 Å². The molecule has 35 heavy (non-hydrogen) atoms. The van der Waals surface area contributed by atoms with Crippen LogP contribution >= 0.6 is 27.5 Å². The quantitative estimate of drug-likeness (QED) is 0.399. The third-order valence-corrected chi connectivity index (χ3v) is 7.15. The first-order chi connectivity index (χ1) is 16.5. The summed E-state index contributed by atoms with van der Waals surface area (Å²) in [7, 11) is 0. The fourth-order valence-electron chi connectivity index (χ4n) is 4.40. The molecule has 1 saturated carbocycles. The summed E-state index contributed by atoms with van der Waals surface area (Å²) in [6.07, 6.45) is 3.98. The number of hydrogen-bond acceptors (Lipinski definition) is 4. The summed E-state index contributed by atoms with van der Waals surface area (Å²) in [4.78, 5) is 39.9. The highest BCUT2D eigenvalue weighted by molar-refractivity contribution is 9.10. The maximum atomic E-state index is 13.6. The highest BCUT2D eigenvalue weighted by Crippen LogP contribution is 2.32. The van der Waals surface area contributed by atoms with Gasteiger partial charge in [-0.3, -0.25) is 14.4 Å². The molecule has 1 aliphatic carbocycles. The van der Waals surface area contributed by atoms with E-state index in [0.29, 0.717) is 11.1 Å². The minimum atomic E-state index is -0.946. The lowest BCUT2D eigenvalue weighted by molar-refractivity contribution is -0.134. The summed E-state index contributed by atoms with van der Waals surface area (Å²) in [6.45, 7) is 5.57. The number of ketones is 1. The third-order valence-electron chi connectivity index (χ3n) is 6.35. The van der Waals surface area contributed by atoms with Gasteiger partial charge in [-0.1, -0.05) is 73.3 Å². The van der Waals surface area contributed by atoms with Crippen molar-refractivity contribution in [2.75, 3.05) is 0 Å². The van der Waals surface area contributed by atoms with Crippen LogP contribution in [0.2, 0.25) is 5.02 Å². The van der Waals surface area contributed by atoms with Crippen LogP contribution in [0, 0.1) is 11.3 Å². The number of carbonyl (C=O) groups is 3. The number of amides is 2. The van der Waals surface area contributed by atoms with Crippen molar-refractivity contribution in [1.82, 2.24) is 10.6 Å². The summed E-state index contributed by atoms with van der Waals surface area (Å²) in [5, 5.41) is 15.7. The van der Waals surface area contributed by atoms with Gasteiger partial charge in [0, 0.05) is 21.9 Å². The Morgan fingerprint density at radius 2 is 1.77 bits per heavy atom. The molecule has 3 N–H and O–H groups in total. The van der Waals surface area contributed by atoms with Gasteiger partial charge in [-0.05, 0) is 54.7 Å². The van der Waals surface area contributed by atoms with Gasteiger partial charge in [0.05, 0.1) is 11.1 Å². The van der Waals surface area contributed by atoms with E-state index in [4.69, 9.17) is 11.6 Å². The molecule has 0 bridgehead atoms. The summed E-state index contributed by atoms with van der Waals surface area (Å²) < 4.78 is 0.744. The van der Waals surface area contributed by atoms with Crippen LogP contribution in [0.25, 0.3) is 0 Å². The van der Waals surface area contributed by atoms with Crippen molar-refractivity contribution >= 4 is 45.1 Å². The number of Topliss-reactive ketones (excluding diaryl/α,β-unsaturated/α-hetero) is 1. The van der Waals surface area contributed by atoms with Crippen LogP contribution in [-0.2, 0) is 16.0 Å². The monoisotopic (exact) mass is 562 g/mol. The van der Waals surface area contributed by atoms with Crippen molar-refractivity contribution < 1.29 is 19.5 Å². The number of carbonyl (C=O) groups excluding carboxylic acids is 3. The van der Waals surface area contributed by atoms with Gasteiger partial charge >= 0.3 is 0 Å². The van der Waals surface area contributed by atoms with Gasteiger partial charge in [-0.2, -0.15) is 0 Å². The van der Waals surface area contributed by atoms with Crippen LogP contribution < -0.4 is 10.6 Å². The van der Waals surface area contributed by atoms with E-state index in [9.17, 15) is 19.5 Å². The Kier molecular flexibility index (Phi) is 9.00. The zero-order valence-corrected chi connectivity index (χ0v) is 22.6. The lowest BCUT2D eigenvalue weighted by Gasteiger charge is -2.31. The van der Waals surface area contributed by atoms with Gasteiger partial charge in [0.2, 0.25) is 5.91 Å². The van der Waals surface area contributed by atoms with Crippen molar-refractivity contribution in [3.8, 4) is 5.75 Å². The lowest BCUT2D eigenvalue weighted by atomic mass is 9.80. The molecule has 2 atom stereocenters. The molecule has 188 valence electrons. The zero-order valence-electron chi connectivity index (χ0n) is 20.2. The minimum Gasteiger partial charge on any atom is -0.506 e. The average molecular weight is 564 g/mol. The molecule has 0 aliphatic heterocycles. The molecule has 6 nitrogen and oxygen atoms in total. The third kappa shape index (κ3) is 7.31. The molecule has 2 aromatic carbocycles. The number of benzene rings is 2. The van der Waals surface area contributed by atoms with Crippen molar-refractivity contribution in [3.63, 3.8) is 0 Å². The first-order valence-corrected chi connectivity index (χ1v) is 13.0. The fraction of sp³-hybridized carbons (Fsp3) is 0.444. The number of hydrogen-bond donors (Lipinski definition) is 3. The van der Waals surface area contributed by atoms with Crippen LogP contribution in [0.15, 0.2) is 46.9 Å². The van der Waals surface area contributed by atoms with E-state index in [2.05, 4.69) is 26.6 Å². The topological polar surface area (TPSA) is 95.5 Å². The van der Waals surface area contributed by atoms with Crippen molar-refractivity contribution in [2.45, 2.75) is 65.0 Å². The molecule has 0 radical (unpaired) electrons. The Bertz CT molecular complexity index is 1090. The van der Waals surface area contributed by atoms with Crippen LogP contribution in [0.3, 0.4) is 0 Å². The Hall–Kier alpha value is -2.38. The molecule has 2 amide bonds. The predicted octanol–water partition coefficient (Wildman–Crippen LogP) is 5.44. The summed E-state index contributed by atoms with van der Waals surface area (Å²) in [5.74, 6) is -0.827. The minimum absolute atomic E-state index is 0.0116. The number of phenols is 1. The van der Waals surface area contributed by atoms with Gasteiger partial charge in [0.25, 0.3) is 5.91 Å². The Morgan fingerprint density at radius 1 is 1.09 bits per heavy atom. The van der Waals surface area contributed by atoms with Gasteiger partial charge in [-0.15, -0.1) is 0 Å². The van der Waals surface area contributed by atoms with Crippen LogP contribution in [0.5, 0.6) is 5.75 Å². The molecule has 1 fully saturated rings. The summed E-state index contributed by atoms with van der Waals surface area (Å²) >= 11 is 9.43. The smallest absolute Gasteiger partial charge is 0.251 e. The van der Waals surface area contributed by atoms with Gasteiger partial charge < -0.3 is 15.7 Å². The number of rotatable bonds is 8. The SMILES string of the molecule is CC(C)(C)C(=O)[C@@H](NC(=O)[C@H](Cc1ccc(O)c(Cl)c1)NC(=O)c1cccc(Br)c1)C1CCCC1. The van der Waals surface area contributed by atoms with Crippen molar-refractivity contribution in [1.29, 1.82) is 0 Å². The highest BCUT2D eigenvalue weighted by atomic mass is 79.9. The predicted molar refractivity (Wildman–Crippen MR) is 141 cm³/mol. The molecule has 3 rings (SSSR count). The molecule has 8 heteroatoms. The second kappa shape index (κ2) is 11.6. The number of halogens is 2. The molecule has 0 heterocycles. The molecule has 1 aliphatic rings. The number of nitrogens with one attached hydrogen (secondary N) is 2. The summed E-state index contributed by atoms with van der Waals surface area (Å²) in [6, 6.07) is 10.0. The fourth-order valence-corrected chi connectivity index (χ4v) is 5.00. The maximum Gasteiger partial charge on any atom is 0.251 e. The number of phenolic OH excluding ortho intramolecular Hbond substituents is 1. The molecule has 0 spiro atoms. The van der Waals surface area contributed by atoms with E-state index in [1.165, 1.54) is 6.07 Å². The molecule has 0 aromatic heterocycles. The van der Waals surface area contributed by atoms with Crippen LogP contribution in [0.1, 0.15) is 62.4 Å². The second-order valence-electron chi connectivity index (χ2n) is 10.2. The van der Waals surface area contributed by atoms with Gasteiger partial charge in [0.15, 0.2) is 5.78 Å². The molecule has 2 aromatic rings. The van der Waals surface area contributed by atoms with E-state index in [1.54, 1.807) is 30.3 Å². The Labute approximate surface area is 220 Å². The summed E-state index contributed by atoms with van der Waals surface area (Å²) in [5.41, 5.74) is 0.459. The van der Waals surface area contributed by atoms with E-state index in [-0.39, 0.29) is 28.9 Å². The van der Waals surface area contributed by atoms with E-state index in [1.807, 2.05) is 26.8 Å². The normalized spacial score (nSPS) is 15.9. The van der Waals surface area contributed by atoms with Gasteiger partial charge in [-0.25, -0.2) is 0 Å². The van der Waals surface area contributed by atoms with E-state index < -0.39 is 29.3 Å². The first-order valence-electron chi connectivity index (χ1n) is 11.8. The maximum absolute atomic E-state index is 13.6. The highest BCUT2D eigenvalue weighted by Gasteiger charge is 2.38. The molecule has 0 saturated heterocycles. The van der Waals surface area contributed by atoms with Crippen LogP contribution in [0.4, 0.5) is 0 Å². The molecular weight excluding hydrogens is 532 g/mol.